The number of hydrogen-bond acceptors (Lipinski definition) is 3. The second-order valence-corrected chi connectivity index (χ2v) is 5.10. The smallest absolute Gasteiger partial charge is 0.240 e. The van der Waals surface area contributed by atoms with Crippen molar-refractivity contribution in [3.63, 3.8) is 0 Å². The van der Waals surface area contributed by atoms with E-state index < -0.39 is 0 Å². The van der Waals surface area contributed by atoms with Gasteiger partial charge in [0.1, 0.15) is 0 Å². The molecule has 2 N–H and O–H groups in total. The molecule has 0 aliphatic carbocycles. The number of hydrogen-bond donors (Lipinski definition) is 2. The monoisotopic (exact) mass is 289 g/mol. The lowest BCUT2D eigenvalue weighted by molar-refractivity contribution is -0.124. The van der Waals surface area contributed by atoms with Gasteiger partial charge in [-0.05, 0) is 38.8 Å². The van der Waals surface area contributed by atoms with Gasteiger partial charge in [-0.1, -0.05) is 24.6 Å². The van der Waals surface area contributed by atoms with Gasteiger partial charge < -0.3 is 5.32 Å². The molecule has 0 radical (unpaired) electrons. The highest BCUT2D eigenvalue weighted by Gasteiger charge is 2.08. The number of anilines is 1. The maximum atomic E-state index is 11.8. The van der Waals surface area contributed by atoms with Crippen LogP contribution in [0.15, 0.2) is 23.3 Å². The van der Waals surface area contributed by atoms with Crippen LogP contribution < -0.4 is 10.7 Å². The number of amides is 2. The number of aryl methyl sites for hydroxylation is 2. The summed E-state index contributed by atoms with van der Waals surface area (Å²) in [5.41, 5.74) is 6.23. The highest BCUT2D eigenvalue weighted by atomic mass is 16.2. The van der Waals surface area contributed by atoms with Crippen molar-refractivity contribution in [3.8, 4) is 0 Å². The quantitative estimate of drug-likeness (QED) is 0.624. The largest absolute Gasteiger partial charge is 0.326 e. The molecule has 0 saturated carbocycles. The number of carbonyl (C=O) groups excluding carboxylic acids is 2. The van der Waals surface area contributed by atoms with E-state index in [-0.39, 0.29) is 24.7 Å². The van der Waals surface area contributed by atoms with Crippen LogP contribution in [0.3, 0.4) is 0 Å². The molecule has 21 heavy (non-hydrogen) atoms. The van der Waals surface area contributed by atoms with Crippen LogP contribution in [0.5, 0.6) is 0 Å². The number of benzene rings is 1. The first-order valence-corrected chi connectivity index (χ1v) is 7.11. The van der Waals surface area contributed by atoms with E-state index in [1.807, 2.05) is 45.9 Å². The minimum absolute atomic E-state index is 0.122. The van der Waals surface area contributed by atoms with E-state index in [2.05, 4.69) is 15.8 Å². The van der Waals surface area contributed by atoms with Crippen LogP contribution in [0.25, 0.3) is 0 Å². The minimum atomic E-state index is -0.251. The summed E-state index contributed by atoms with van der Waals surface area (Å²) in [7, 11) is 0. The summed E-state index contributed by atoms with van der Waals surface area (Å²) in [5.74, 6) is -0.424. The normalized spacial score (nSPS) is 11.1. The van der Waals surface area contributed by atoms with Gasteiger partial charge in [-0.2, -0.15) is 5.10 Å². The van der Waals surface area contributed by atoms with Gasteiger partial charge in [-0.25, -0.2) is 5.43 Å². The Kier molecular flexibility index (Phi) is 6.59. The fourth-order valence-corrected chi connectivity index (χ4v) is 1.69. The van der Waals surface area contributed by atoms with E-state index in [9.17, 15) is 9.59 Å². The summed E-state index contributed by atoms with van der Waals surface area (Å²) < 4.78 is 0. The van der Waals surface area contributed by atoms with E-state index in [4.69, 9.17) is 0 Å². The van der Waals surface area contributed by atoms with Gasteiger partial charge in [0.15, 0.2) is 0 Å². The standard InChI is InChI=1S/C16H23N3O2/c1-5-13(4)18-19-16(21)9-8-15(20)17-14-7-6-11(2)10-12(14)3/h6-7,10H,5,8-9H2,1-4H3,(H,17,20)(H,19,21)/b18-13+. The Morgan fingerprint density at radius 1 is 1.14 bits per heavy atom. The zero-order chi connectivity index (χ0) is 15.8. The molecule has 1 aromatic rings. The molecule has 0 atom stereocenters. The molecule has 5 nitrogen and oxygen atoms in total. The summed E-state index contributed by atoms with van der Waals surface area (Å²) in [6.45, 7) is 7.74. The number of nitrogens with one attached hydrogen (secondary N) is 2. The average Bonchev–Trinajstić information content (AvgIpc) is 2.45. The third-order valence-corrected chi connectivity index (χ3v) is 3.12. The van der Waals surface area contributed by atoms with Crippen molar-refractivity contribution in [2.75, 3.05) is 5.32 Å². The first-order valence-electron chi connectivity index (χ1n) is 7.11. The molecule has 5 heteroatoms. The lowest BCUT2D eigenvalue weighted by Crippen LogP contribution is -2.21. The lowest BCUT2D eigenvalue weighted by atomic mass is 10.1. The molecule has 0 saturated heterocycles. The van der Waals surface area contributed by atoms with Crippen molar-refractivity contribution in [1.29, 1.82) is 0 Å². The zero-order valence-electron chi connectivity index (χ0n) is 13.1. The van der Waals surface area contributed by atoms with Gasteiger partial charge in [-0.15, -0.1) is 0 Å². The fraction of sp³-hybridized carbons (Fsp3) is 0.438. The van der Waals surface area contributed by atoms with Gasteiger partial charge in [0.25, 0.3) is 0 Å². The van der Waals surface area contributed by atoms with Crippen molar-refractivity contribution in [2.45, 2.75) is 47.0 Å². The number of carbonyl (C=O) groups is 2. The van der Waals surface area contributed by atoms with Crippen LogP contribution in [0, 0.1) is 13.8 Å². The first-order chi connectivity index (χ1) is 9.92. The molecule has 0 heterocycles. The number of hydrazone groups is 1. The third-order valence-electron chi connectivity index (χ3n) is 3.12. The van der Waals surface area contributed by atoms with E-state index >= 15 is 0 Å². The Balaban J connectivity index is 2.42. The van der Waals surface area contributed by atoms with Crippen LogP contribution in [0.2, 0.25) is 0 Å². The highest BCUT2D eigenvalue weighted by molar-refractivity contribution is 5.94. The van der Waals surface area contributed by atoms with Gasteiger partial charge in [0.05, 0.1) is 0 Å². The summed E-state index contributed by atoms with van der Waals surface area (Å²) >= 11 is 0. The maximum Gasteiger partial charge on any atom is 0.240 e. The lowest BCUT2D eigenvalue weighted by Gasteiger charge is -2.08. The van der Waals surface area contributed by atoms with E-state index in [1.165, 1.54) is 0 Å². The molecular formula is C16H23N3O2. The molecule has 0 bridgehead atoms. The summed E-state index contributed by atoms with van der Waals surface area (Å²) in [6, 6.07) is 5.82. The zero-order valence-corrected chi connectivity index (χ0v) is 13.1. The van der Waals surface area contributed by atoms with E-state index in [0.29, 0.717) is 0 Å². The predicted molar refractivity (Wildman–Crippen MR) is 85.3 cm³/mol. The second-order valence-electron chi connectivity index (χ2n) is 5.10. The van der Waals surface area contributed by atoms with Crippen LogP contribution in [0.4, 0.5) is 5.69 Å². The van der Waals surface area contributed by atoms with E-state index in [0.717, 1.165) is 28.9 Å². The molecule has 0 unspecified atom stereocenters. The summed E-state index contributed by atoms with van der Waals surface area (Å²) in [5, 5.41) is 6.73. The van der Waals surface area contributed by atoms with Crippen LogP contribution in [0.1, 0.15) is 44.2 Å². The molecule has 0 aliphatic heterocycles. The molecule has 1 aromatic carbocycles. The summed E-state index contributed by atoms with van der Waals surface area (Å²) in [4.78, 5) is 23.4. The third kappa shape index (κ3) is 6.21. The van der Waals surface area contributed by atoms with Crippen LogP contribution >= 0.6 is 0 Å². The van der Waals surface area contributed by atoms with Crippen LogP contribution in [-0.2, 0) is 9.59 Å². The Bertz CT molecular complexity index is 550. The number of rotatable bonds is 6. The predicted octanol–water partition coefficient (Wildman–Crippen LogP) is 2.92. The molecule has 0 fully saturated rings. The first kappa shape index (κ1) is 16.9. The van der Waals surface area contributed by atoms with Crippen molar-refractivity contribution in [1.82, 2.24) is 5.43 Å². The molecule has 2 amide bonds. The average molecular weight is 289 g/mol. The summed E-state index contributed by atoms with van der Waals surface area (Å²) in [6.07, 6.45) is 1.05. The molecule has 1 rings (SSSR count). The molecule has 0 spiro atoms. The van der Waals surface area contributed by atoms with Crippen molar-refractivity contribution >= 4 is 23.2 Å². The Hall–Kier alpha value is -2.17. The van der Waals surface area contributed by atoms with Crippen LogP contribution in [-0.4, -0.2) is 17.5 Å². The molecule has 0 aromatic heterocycles. The van der Waals surface area contributed by atoms with Crippen molar-refractivity contribution in [3.05, 3.63) is 29.3 Å². The SMILES string of the molecule is CC/C(C)=N/NC(=O)CCC(=O)Nc1ccc(C)cc1C. The van der Waals surface area contributed by atoms with E-state index in [1.54, 1.807) is 0 Å². The molecule has 114 valence electrons. The Morgan fingerprint density at radius 3 is 2.43 bits per heavy atom. The van der Waals surface area contributed by atoms with Gasteiger partial charge in [0, 0.05) is 24.2 Å². The van der Waals surface area contributed by atoms with Gasteiger partial charge in [0.2, 0.25) is 11.8 Å². The van der Waals surface area contributed by atoms with Gasteiger partial charge in [-0.3, -0.25) is 9.59 Å². The molecule has 0 aliphatic rings. The van der Waals surface area contributed by atoms with Crippen molar-refractivity contribution in [2.24, 2.45) is 5.10 Å². The van der Waals surface area contributed by atoms with Crippen molar-refractivity contribution < 1.29 is 9.59 Å². The topological polar surface area (TPSA) is 70.6 Å². The highest BCUT2D eigenvalue weighted by Crippen LogP contribution is 2.16. The number of nitrogens with zero attached hydrogens (tertiary/aromatic N) is 1. The van der Waals surface area contributed by atoms with Gasteiger partial charge >= 0.3 is 0 Å². The maximum absolute atomic E-state index is 11.8. The minimum Gasteiger partial charge on any atom is -0.326 e. The second kappa shape index (κ2) is 8.19. The fourth-order valence-electron chi connectivity index (χ4n) is 1.69. The Labute approximate surface area is 125 Å². The Morgan fingerprint density at radius 2 is 1.81 bits per heavy atom. The molecular weight excluding hydrogens is 266 g/mol.